The maximum Gasteiger partial charge on any atom is 0.411 e. The third-order valence-electron chi connectivity index (χ3n) is 4.10. The Kier molecular flexibility index (Phi) is 3.89. The highest BCUT2D eigenvalue weighted by molar-refractivity contribution is 6.31. The lowest BCUT2D eigenvalue weighted by atomic mass is 9.96. The summed E-state index contributed by atoms with van der Waals surface area (Å²) < 4.78 is 5.54. The largest absolute Gasteiger partial charge is 0.444 e. The lowest BCUT2D eigenvalue weighted by Gasteiger charge is -2.35. The molecular formula is C17H21ClN2O2. The van der Waals surface area contributed by atoms with E-state index in [1.54, 1.807) is 6.20 Å². The van der Waals surface area contributed by atoms with Crippen LogP contribution in [0.5, 0.6) is 0 Å². The highest BCUT2D eigenvalue weighted by Crippen LogP contribution is 2.40. The van der Waals surface area contributed by atoms with Gasteiger partial charge >= 0.3 is 6.09 Å². The number of fused-ring (bicyclic) bond motifs is 2. The summed E-state index contributed by atoms with van der Waals surface area (Å²) >= 11 is 6.20. The van der Waals surface area contributed by atoms with Crippen molar-refractivity contribution in [2.24, 2.45) is 0 Å². The van der Waals surface area contributed by atoms with Gasteiger partial charge in [-0.05, 0) is 51.7 Å². The lowest BCUT2D eigenvalue weighted by molar-refractivity contribution is 0.0175. The van der Waals surface area contributed by atoms with Gasteiger partial charge in [-0.3, -0.25) is 4.90 Å². The highest BCUT2D eigenvalue weighted by Gasteiger charge is 2.41. The van der Waals surface area contributed by atoms with E-state index in [-0.39, 0.29) is 18.2 Å². The van der Waals surface area contributed by atoms with Gasteiger partial charge in [-0.1, -0.05) is 23.7 Å². The average molecular weight is 321 g/mol. The van der Waals surface area contributed by atoms with Gasteiger partial charge in [0.05, 0.1) is 6.04 Å². The van der Waals surface area contributed by atoms with Crippen LogP contribution in [0.3, 0.4) is 0 Å². The molecule has 2 atom stereocenters. The molecule has 2 aliphatic rings. The average Bonchev–Trinajstić information content (AvgIpc) is 2.68. The van der Waals surface area contributed by atoms with Gasteiger partial charge in [0.1, 0.15) is 10.8 Å². The van der Waals surface area contributed by atoms with Gasteiger partial charge in [-0.25, -0.2) is 9.78 Å². The summed E-state index contributed by atoms with van der Waals surface area (Å²) in [4.78, 5) is 18.5. The number of aromatic nitrogens is 1. The molecule has 4 nitrogen and oxygen atoms in total. The number of carbonyl (C=O) groups is 1. The first-order chi connectivity index (χ1) is 10.3. The van der Waals surface area contributed by atoms with E-state index in [1.165, 1.54) is 5.57 Å². The number of rotatable bonds is 1. The topological polar surface area (TPSA) is 42.4 Å². The first-order valence-electron chi connectivity index (χ1n) is 7.68. The molecule has 0 spiro atoms. The third-order valence-corrected chi connectivity index (χ3v) is 4.41. The molecule has 0 aliphatic carbocycles. The minimum Gasteiger partial charge on any atom is -0.444 e. The van der Waals surface area contributed by atoms with E-state index in [9.17, 15) is 4.79 Å². The van der Waals surface area contributed by atoms with Gasteiger partial charge in [0.2, 0.25) is 0 Å². The van der Waals surface area contributed by atoms with Crippen LogP contribution >= 0.6 is 11.6 Å². The summed E-state index contributed by atoms with van der Waals surface area (Å²) in [6, 6.07) is 4.17. The Hall–Kier alpha value is -1.55. The number of pyridine rings is 1. The number of halogens is 1. The second-order valence-electron chi connectivity index (χ2n) is 6.92. The van der Waals surface area contributed by atoms with Crippen molar-refractivity contribution in [3.63, 3.8) is 0 Å². The van der Waals surface area contributed by atoms with E-state index in [0.29, 0.717) is 5.15 Å². The zero-order valence-electron chi connectivity index (χ0n) is 13.2. The lowest BCUT2D eigenvalue weighted by Crippen LogP contribution is -2.45. The normalized spacial score (nSPS) is 24.2. The maximum absolute atomic E-state index is 12.4. The second-order valence-corrected chi connectivity index (χ2v) is 7.28. The van der Waals surface area contributed by atoms with Gasteiger partial charge in [-0.15, -0.1) is 0 Å². The molecule has 1 aromatic heterocycles. The van der Waals surface area contributed by atoms with Gasteiger partial charge in [0.25, 0.3) is 0 Å². The first-order valence-corrected chi connectivity index (χ1v) is 8.06. The molecule has 118 valence electrons. The zero-order valence-corrected chi connectivity index (χ0v) is 13.9. The minimum absolute atomic E-state index is 0.0971. The molecule has 0 saturated carbocycles. The van der Waals surface area contributed by atoms with E-state index in [1.807, 2.05) is 37.8 Å². The van der Waals surface area contributed by atoms with Crippen LogP contribution in [-0.4, -0.2) is 33.7 Å². The van der Waals surface area contributed by atoms with Crippen LogP contribution in [0.15, 0.2) is 24.4 Å². The molecule has 22 heavy (non-hydrogen) atoms. The molecule has 1 aromatic rings. The van der Waals surface area contributed by atoms with Crippen molar-refractivity contribution in [3.05, 3.63) is 35.1 Å². The third kappa shape index (κ3) is 2.98. The smallest absolute Gasteiger partial charge is 0.411 e. The molecule has 2 aliphatic heterocycles. The molecule has 3 rings (SSSR count). The molecule has 3 heterocycles. The fourth-order valence-electron chi connectivity index (χ4n) is 3.25. The Bertz CT molecular complexity index is 621. The molecule has 0 radical (unpaired) electrons. The number of ether oxygens (including phenoxy) is 1. The zero-order chi connectivity index (χ0) is 15.9. The number of carbonyl (C=O) groups excluding carboxylic acids is 1. The van der Waals surface area contributed by atoms with Gasteiger partial charge in [-0.2, -0.15) is 0 Å². The van der Waals surface area contributed by atoms with E-state index < -0.39 is 5.60 Å². The highest BCUT2D eigenvalue weighted by atomic mass is 35.5. The second kappa shape index (κ2) is 5.58. The Morgan fingerprint density at radius 1 is 1.41 bits per heavy atom. The monoisotopic (exact) mass is 320 g/mol. The van der Waals surface area contributed by atoms with Crippen molar-refractivity contribution in [2.75, 3.05) is 0 Å². The molecule has 1 saturated heterocycles. The Morgan fingerprint density at radius 2 is 2.18 bits per heavy atom. The Morgan fingerprint density at radius 3 is 2.82 bits per heavy atom. The van der Waals surface area contributed by atoms with Crippen LogP contribution in [-0.2, 0) is 4.74 Å². The summed E-state index contributed by atoms with van der Waals surface area (Å²) in [6.45, 7) is 5.69. The Balaban J connectivity index is 1.84. The van der Waals surface area contributed by atoms with Crippen molar-refractivity contribution in [1.82, 2.24) is 9.88 Å². The SMILES string of the molecule is CC(C)(C)OC(=O)N1C2C=C(c3cccnc3Cl)CC1CC2. The number of amides is 1. The summed E-state index contributed by atoms with van der Waals surface area (Å²) in [6.07, 6.45) is 6.41. The van der Waals surface area contributed by atoms with Crippen molar-refractivity contribution in [3.8, 4) is 0 Å². The molecule has 1 amide bonds. The van der Waals surface area contributed by atoms with Gasteiger partial charge in [0.15, 0.2) is 0 Å². The molecule has 2 bridgehead atoms. The molecular weight excluding hydrogens is 300 g/mol. The van der Waals surface area contributed by atoms with Crippen LogP contribution < -0.4 is 0 Å². The standard InChI is InChI=1S/C17H21ClN2O2/c1-17(2,3)22-16(21)20-12-6-7-13(20)10-11(9-12)14-5-4-8-19-15(14)18/h4-5,8-9,12-13H,6-7,10H2,1-3H3. The first kappa shape index (κ1) is 15.3. The molecule has 5 heteroatoms. The van der Waals surface area contributed by atoms with Crippen molar-refractivity contribution < 1.29 is 9.53 Å². The molecule has 0 aromatic carbocycles. The van der Waals surface area contributed by atoms with E-state index in [0.717, 1.165) is 24.8 Å². The fraction of sp³-hybridized carbons (Fsp3) is 0.529. The van der Waals surface area contributed by atoms with E-state index in [4.69, 9.17) is 16.3 Å². The number of nitrogens with zero attached hydrogens (tertiary/aromatic N) is 2. The van der Waals surface area contributed by atoms with Crippen LogP contribution in [0.4, 0.5) is 4.79 Å². The van der Waals surface area contributed by atoms with E-state index >= 15 is 0 Å². The van der Waals surface area contributed by atoms with Crippen LogP contribution in [0, 0.1) is 0 Å². The minimum atomic E-state index is -0.465. The molecule has 2 unspecified atom stereocenters. The summed E-state index contributed by atoms with van der Waals surface area (Å²) in [5.41, 5.74) is 1.70. The van der Waals surface area contributed by atoms with Crippen LogP contribution in [0.25, 0.3) is 5.57 Å². The summed E-state index contributed by atoms with van der Waals surface area (Å²) in [5.74, 6) is 0. The van der Waals surface area contributed by atoms with Crippen molar-refractivity contribution in [1.29, 1.82) is 0 Å². The summed E-state index contributed by atoms with van der Waals surface area (Å²) in [5, 5.41) is 0.527. The maximum atomic E-state index is 12.4. The number of hydrogen-bond acceptors (Lipinski definition) is 3. The Labute approximate surface area is 136 Å². The summed E-state index contributed by atoms with van der Waals surface area (Å²) in [7, 11) is 0. The predicted molar refractivity (Wildman–Crippen MR) is 86.7 cm³/mol. The van der Waals surface area contributed by atoms with E-state index in [2.05, 4.69) is 11.1 Å². The van der Waals surface area contributed by atoms with Crippen LogP contribution in [0.2, 0.25) is 5.15 Å². The molecule has 0 N–H and O–H groups in total. The van der Waals surface area contributed by atoms with Crippen LogP contribution in [0.1, 0.15) is 45.6 Å². The van der Waals surface area contributed by atoms with Crippen molar-refractivity contribution in [2.45, 2.75) is 57.7 Å². The molecule has 1 fully saturated rings. The van der Waals surface area contributed by atoms with Gasteiger partial charge < -0.3 is 4.74 Å². The number of hydrogen-bond donors (Lipinski definition) is 0. The fourth-order valence-corrected chi connectivity index (χ4v) is 3.50. The van der Waals surface area contributed by atoms with Gasteiger partial charge in [0, 0.05) is 17.8 Å². The van der Waals surface area contributed by atoms with Crippen molar-refractivity contribution >= 4 is 23.3 Å². The predicted octanol–water partition coefficient (Wildman–Crippen LogP) is 4.29. The quantitative estimate of drug-likeness (QED) is 0.725.